The molecule has 0 spiro atoms. The molecule has 2 N–H and O–H groups in total. The average Bonchev–Trinajstić information content (AvgIpc) is 2.93. The normalized spacial score (nSPS) is 29.8. The number of methoxy groups -OCH3 is 1. The van der Waals surface area contributed by atoms with Crippen molar-refractivity contribution < 1.29 is 19.1 Å². The number of nitrogens with zero attached hydrogens (tertiary/aromatic N) is 1. The third-order valence-electron chi connectivity index (χ3n) is 4.89. The number of carbonyl (C=O) groups is 2. The summed E-state index contributed by atoms with van der Waals surface area (Å²) in [5, 5.41) is -0.118. The summed E-state index contributed by atoms with van der Waals surface area (Å²) in [6.45, 7) is 4.21. The number of hydrogen-bond donors (Lipinski definition) is 1. The maximum absolute atomic E-state index is 13.0. The average molecular weight is 409 g/mol. The van der Waals surface area contributed by atoms with E-state index in [1.54, 1.807) is 11.8 Å². The van der Waals surface area contributed by atoms with Crippen molar-refractivity contribution in [1.29, 1.82) is 0 Å². The molecule has 6 nitrogen and oxygen atoms in total. The van der Waals surface area contributed by atoms with Gasteiger partial charge in [0.1, 0.15) is 22.9 Å². The lowest BCUT2D eigenvalue weighted by Gasteiger charge is -2.54. The standard InChI is InChI=1S/C19H24N2O4S2/c1-18(2)15(16(23)25-11-12-8-6-5-7-9-12)21-13(10-14(22)24-3)19(20,26-4)17(21)27-18/h5-10,15,17H,11,20H2,1-4H3/b13-10-/t15-,17+,19-/m0/s1. The molecule has 2 saturated heterocycles. The number of ether oxygens (including phenoxy) is 2. The van der Waals surface area contributed by atoms with Gasteiger partial charge in [-0.15, -0.1) is 23.5 Å². The van der Waals surface area contributed by atoms with Crippen LogP contribution in [0.15, 0.2) is 42.1 Å². The van der Waals surface area contributed by atoms with Crippen molar-refractivity contribution in [2.24, 2.45) is 5.73 Å². The monoisotopic (exact) mass is 408 g/mol. The van der Waals surface area contributed by atoms with Gasteiger partial charge in [0.15, 0.2) is 0 Å². The van der Waals surface area contributed by atoms with Crippen LogP contribution < -0.4 is 5.73 Å². The molecular weight excluding hydrogens is 384 g/mol. The number of nitrogens with two attached hydrogens (primary N) is 1. The van der Waals surface area contributed by atoms with Crippen LogP contribution in [0.1, 0.15) is 19.4 Å². The van der Waals surface area contributed by atoms with Gasteiger partial charge in [-0.25, -0.2) is 9.59 Å². The van der Waals surface area contributed by atoms with Crippen LogP contribution >= 0.6 is 23.5 Å². The van der Waals surface area contributed by atoms with E-state index in [9.17, 15) is 9.59 Å². The van der Waals surface area contributed by atoms with Crippen LogP contribution in [0.2, 0.25) is 0 Å². The Kier molecular flexibility index (Phi) is 5.52. The van der Waals surface area contributed by atoms with E-state index in [0.717, 1.165) is 5.56 Å². The molecule has 2 aliphatic rings. The lowest BCUT2D eigenvalue weighted by atomic mass is 9.93. The van der Waals surface area contributed by atoms with Gasteiger partial charge in [-0.05, 0) is 25.7 Å². The Hall–Kier alpha value is -1.64. The number of carbonyl (C=O) groups excluding carboxylic acids is 2. The van der Waals surface area contributed by atoms with E-state index in [-0.39, 0.29) is 18.0 Å². The summed E-state index contributed by atoms with van der Waals surface area (Å²) in [4.78, 5) is 26.0. The molecule has 2 heterocycles. The fourth-order valence-electron chi connectivity index (χ4n) is 3.47. The molecule has 27 heavy (non-hydrogen) atoms. The Labute approximate surface area is 167 Å². The topological polar surface area (TPSA) is 81.9 Å². The third kappa shape index (κ3) is 3.46. The minimum absolute atomic E-state index is 0.118. The Balaban J connectivity index is 1.84. The van der Waals surface area contributed by atoms with Crippen LogP contribution in [0, 0.1) is 0 Å². The summed E-state index contributed by atoms with van der Waals surface area (Å²) in [7, 11) is 1.32. The predicted molar refractivity (Wildman–Crippen MR) is 108 cm³/mol. The number of benzene rings is 1. The Morgan fingerprint density at radius 2 is 2.00 bits per heavy atom. The van der Waals surface area contributed by atoms with Crippen molar-refractivity contribution in [3.63, 3.8) is 0 Å². The summed E-state index contributed by atoms with van der Waals surface area (Å²) in [5.74, 6) is -0.809. The number of hydrogen-bond acceptors (Lipinski definition) is 8. The molecule has 1 aromatic carbocycles. The van der Waals surface area contributed by atoms with E-state index in [2.05, 4.69) is 0 Å². The molecule has 2 fully saturated rings. The Bertz CT molecular complexity index is 768. The second-order valence-corrected chi connectivity index (χ2v) is 9.84. The smallest absolute Gasteiger partial charge is 0.332 e. The predicted octanol–water partition coefficient (Wildman–Crippen LogP) is 2.34. The fourth-order valence-corrected chi connectivity index (χ4v) is 6.15. The summed E-state index contributed by atoms with van der Waals surface area (Å²) in [6, 6.07) is 9.02. The highest BCUT2D eigenvalue weighted by Gasteiger charge is 2.67. The largest absolute Gasteiger partial charge is 0.466 e. The van der Waals surface area contributed by atoms with Gasteiger partial charge in [0, 0.05) is 10.8 Å². The Morgan fingerprint density at radius 3 is 2.59 bits per heavy atom. The van der Waals surface area contributed by atoms with Gasteiger partial charge < -0.3 is 20.1 Å². The van der Waals surface area contributed by atoms with Crippen molar-refractivity contribution in [2.45, 2.75) is 41.5 Å². The van der Waals surface area contributed by atoms with Gasteiger partial charge in [0.2, 0.25) is 0 Å². The van der Waals surface area contributed by atoms with Crippen LogP contribution in [0.3, 0.4) is 0 Å². The van der Waals surface area contributed by atoms with E-state index in [0.29, 0.717) is 5.70 Å². The van der Waals surface area contributed by atoms with E-state index in [1.807, 2.05) is 55.3 Å². The van der Waals surface area contributed by atoms with Crippen molar-refractivity contribution in [2.75, 3.05) is 13.4 Å². The first kappa shape index (κ1) is 20.1. The molecule has 3 rings (SSSR count). The minimum atomic E-state index is -0.745. The molecule has 146 valence electrons. The van der Waals surface area contributed by atoms with E-state index < -0.39 is 21.6 Å². The van der Waals surface area contributed by atoms with Gasteiger partial charge in [-0.2, -0.15) is 0 Å². The fraction of sp³-hybridized carbons (Fsp3) is 0.474. The lowest BCUT2D eigenvalue weighted by Crippen LogP contribution is -2.70. The molecule has 3 atom stereocenters. The van der Waals surface area contributed by atoms with Gasteiger partial charge in [0.25, 0.3) is 0 Å². The van der Waals surface area contributed by atoms with Gasteiger partial charge in [0.05, 0.1) is 12.8 Å². The van der Waals surface area contributed by atoms with Crippen molar-refractivity contribution >= 4 is 35.5 Å². The molecule has 0 aliphatic carbocycles. The molecule has 0 amide bonds. The maximum Gasteiger partial charge on any atom is 0.332 e. The molecular formula is C19H24N2O4S2. The summed E-state index contributed by atoms with van der Waals surface area (Å²) >= 11 is 3.09. The molecule has 0 radical (unpaired) electrons. The van der Waals surface area contributed by atoms with Crippen molar-refractivity contribution in [3.05, 3.63) is 47.7 Å². The number of esters is 2. The zero-order valence-electron chi connectivity index (χ0n) is 15.8. The number of thioether (sulfide) groups is 2. The lowest BCUT2D eigenvalue weighted by molar-refractivity contribution is -0.153. The van der Waals surface area contributed by atoms with E-state index in [4.69, 9.17) is 15.2 Å². The highest BCUT2D eigenvalue weighted by molar-refractivity contribution is 8.05. The molecule has 0 saturated carbocycles. The molecule has 1 aromatic rings. The first-order chi connectivity index (χ1) is 12.7. The highest BCUT2D eigenvalue weighted by Crippen LogP contribution is 2.61. The van der Waals surface area contributed by atoms with E-state index in [1.165, 1.54) is 24.9 Å². The minimum Gasteiger partial charge on any atom is -0.466 e. The summed E-state index contributed by atoms with van der Waals surface area (Å²) < 4.78 is 9.95. The molecule has 0 aromatic heterocycles. The maximum atomic E-state index is 13.0. The summed E-state index contributed by atoms with van der Waals surface area (Å²) in [6.07, 6.45) is 3.28. The van der Waals surface area contributed by atoms with Crippen LogP contribution in [-0.2, 0) is 25.7 Å². The highest BCUT2D eigenvalue weighted by atomic mass is 32.2. The molecule has 8 heteroatoms. The van der Waals surface area contributed by atoms with Crippen LogP contribution in [-0.4, -0.2) is 51.2 Å². The third-order valence-corrected chi connectivity index (χ3v) is 7.80. The molecule has 0 bridgehead atoms. The van der Waals surface area contributed by atoms with E-state index >= 15 is 0 Å². The molecule has 0 unspecified atom stereocenters. The van der Waals surface area contributed by atoms with Gasteiger partial charge >= 0.3 is 11.9 Å². The van der Waals surface area contributed by atoms with Gasteiger partial charge in [-0.3, -0.25) is 0 Å². The Morgan fingerprint density at radius 1 is 1.33 bits per heavy atom. The number of rotatable bonds is 5. The quantitative estimate of drug-likeness (QED) is 0.452. The zero-order valence-corrected chi connectivity index (χ0v) is 17.4. The second kappa shape index (κ2) is 7.41. The summed E-state index contributed by atoms with van der Waals surface area (Å²) in [5.41, 5.74) is 8.09. The number of fused-ring (bicyclic) bond motifs is 1. The van der Waals surface area contributed by atoms with Crippen LogP contribution in [0.5, 0.6) is 0 Å². The zero-order chi connectivity index (χ0) is 19.8. The van der Waals surface area contributed by atoms with Crippen molar-refractivity contribution in [3.8, 4) is 0 Å². The van der Waals surface area contributed by atoms with Crippen LogP contribution in [0.25, 0.3) is 0 Å². The molecule has 2 aliphatic heterocycles. The second-order valence-electron chi connectivity index (χ2n) is 7.03. The SMILES string of the molecule is COC(=O)/C=C1\N2[C@@H](C(=O)OCc3ccccc3)C(C)(C)S[C@@H]2[C@@]1(N)SC. The van der Waals surface area contributed by atoms with Crippen molar-refractivity contribution in [1.82, 2.24) is 4.90 Å². The first-order valence-corrected chi connectivity index (χ1v) is 10.7. The first-order valence-electron chi connectivity index (χ1n) is 8.55. The van der Waals surface area contributed by atoms with Crippen LogP contribution in [0.4, 0.5) is 0 Å². The van der Waals surface area contributed by atoms with Gasteiger partial charge in [-0.1, -0.05) is 30.3 Å².